The molecule has 5 nitrogen and oxygen atoms in total. The lowest BCUT2D eigenvalue weighted by Gasteiger charge is -2.13. The molecule has 0 fully saturated rings. The molecule has 3 rings (SSSR count). The molecule has 0 atom stereocenters. The van der Waals surface area contributed by atoms with Gasteiger partial charge in [-0.2, -0.15) is 0 Å². The molecule has 2 N–H and O–H groups in total. The summed E-state index contributed by atoms with van der Waals surface area (Å²) >= 11 is 0. The summed E-state index contributed by atoms with van der Waals surface area (Å²) in [6.45, 7) is 3.01. The van der Waals surface area contributed by atoms with Crippen LogP contribution >= 0.6 is 0 Å². The van der Waals surface area contributed by atoms with E-state index in [1.807, 2.05) is 74.4 Å². The number of rotatable bonds is 6. The smallest absolute Gasteiger partial charge is 0.253 e. The minimum atomic E-state index is -0.0847. The molecule has 2 aromatic carbocycles. The second-order valence-corrected chi connectivity index (χ2v) is 6.10. The van der Waals surface area contributed by atoms with Gasteiger partial charge < -0.3 is 19.9 Å². The van der Waals surface area contributed by atoms with Gasteiger partial charge in [0, 0.05) is 43.6 Å². The predicted molar refractivity (Wildman–Crippen MR) is 104 cm³/mol. The molecule has 0 aliphatic heterocycles. The average Bonchev–Trinajstić information content (AvgIpc) is 2.60. The van der Waals surface area contributed by atoms with Crippen molar-refractivity contribution in [2.75, 3.05) is 30.9 Å². The number of H-pyrrole nitrogens is 1. The van der Waals surface area contributed by atoms with Crippen LogP contribution < -0.4 is 20.5 Å². The number of aromatic nitrogens is 1. The Hall–Kier alpha value is -2.95. The van der Waals surface area contributed by atoms with E-state index in [4.69, 9.17) is 4.74 Å². The van der Waals surface area contributed by atoms with E-state index in [2.05, 4.69) is 10.3 Å². The first-order valence-corrected chi connectivity index (χ1v) is 8.37. The van der Waals surface area contributed by atoms with Crippen molar-refractivity contribution >= 4 is 22.3 Å². The van der Waals surface area contributed by atoms with Gasteiger partial charge in [-0.1, -0.05) is 0 Å². The molecule has 0 aliphatic carbocycles. The molecule has 0 saturated heterocycles. The monoisotopic (exact) mass is 337 g/mol. The Morgan fingerprint density at radius 1 is 1.08 bits per heavy atom. The van der Waals surface area contributed by atoms with Gasteiger partial charge in [0.25, 0.3) is 5.56 Å². The molecule has 0 amide bonds. The Kier molecular flexibility index (Phi) is 4.93. The lowest BCUT2D eigenvalue weighted by atomic mass is 10.1. The van der Waals surface area contributed by atoms with E-state index in [9.17, 15) is 4.79 Å². The molecule has 0 unspecified atom stereocenters. The second kappa shape index (κ2) is 7.30. The van der Waals surface area contributed by atoms with Crippen molar-refractivity contribution in [3.63, 3.8) is 0 Å². The zero-order valence-electron chi connectivity index (χ0n) is 14.8. The summed E-state index contributed by atoms with van der Waals surface area (Å²) in [5, 5.41) is 4.29. The topological polar surface area (TPSA) is 57.4 Å². The van der Waals surface area contributed by atoms with Crippen LogP contribution in [-0.2, 0) is 6.54 Å². The number of benzene rings is 2. The largest absolute Gasteiger partial charge is 0.494 e. The fourth-order valence-corrected chi connectivity index (χ4v) is 2.69. The van der Waals surface area contributed by atoms with Crippen LogP contribution in [0.2, 0.25) is 0 Å². The maximum absolute atomic E-state index is 12.3. The van der Waals surface area contributed by atoms with E-state index >= 15 is 0 Å². The van der Waals surface area contributed by atoms with Crippen LogP contribution in [0.5, 0.6) is 5.75 Å². The van der Waals surface area contributed by atoms with E-state index in [0.717, 1.165) is 28.0 Å². The first kappa shape index (κ1) is 16.9. The quantitative estimate of drug-likeness (QED) is 0.721. The van der Waals surface area contributed by atoms with Crippen LogP contribution in [0.1, 0.15) is 12.5 Å². The maximum atomic E-state index is 12.3. The zero-order valence-corrected chi connectivity index (χ0v) is 14.8. The molecular weight excluding hydrogens is 314 g/mol. The van der Waals surface area contributed by atoms with Crippen molar-refractivity contribution in [3.05, 3.63) is 64.4 Å². The van der Waals surface area contributed by atoms with E-state index < -0.39 is 0 Å². The number of hydrogen-bond donors (Lipinski definition) is 2. The molecule has 130 valence electrons. The fourth-order valence-electron chi connectivity index (χ4n) is 2.69. The summed E-state index contributed by atoms with van der Waals surface area (Å²) < 4.78 is 5.48. The summed E-state index contributed by atoms with van der Waals surface area (Å²) in [6, 6.07) is 15.8. The molecule has 0 aliphatic rings. The summed E-state index contributed by atoms with van der Waals surface area (Å²) in [4.78, 5) is 17.3. The van der Waals surface area contributed by atoms with Crippen LogP contribution in [0.4, 0.5) is 11.4 Å². The summed E-state index contributed by atoms with van der Waals surface area (Å²) in [7, 11) is 4.02. The molecule has 0 bridgehead atoms. The van der Waals surface area contributed by atoms with Crippen molar-refractivity contribution in [2.24, 2.45) is 0 Å². The van der Waals surface area contributed by atoms with Crippen molar-refractivity contribution in [1.29, 1.82) is 0 Å². The molecular formula is C20H23N3O2. The van der Waals surface area contributed by atoms with Crippen LogP contribution in [-0.4, -0.2) is 25.7 Å². The SMILES string of the molecule is CCOc1ccc2cc(CNc3ccc(N(C)C)cc3)c(=O)[nH]c2c1. The highest BCUT2D eigenvalue weighted by Gasteiger charge is 2.05. The van der Waals surface area contributed by atoms with Gasteiger partial charge >= 0.3 is 0 Å². The number of anilines is 2. The summed E-state index contributed by atoms with van der Waals surface area (Å²) in [5.41, 5.74) is 3.53. The minimum absolute atomic E-state index is 0.0847. The zero-order chi connectivity index (χ0) is 17.8. The van der Waals surface area contributed by atoms with Crippen molar-refractivity contribution in [1.82, 2.24) is 4.98 Å². The Morgan fingerprint density at radius 2 is 1.84 bits per heavy atom. The van der Waals surface area contributed by atoms with Gasteiger partial charge in [0.05, 0.1) is 12.1 Å². The number of pyridine rings is 1. The molecule has 1 heterocycles. The van der Waals surface area contributed by atoms with Gasteiger partial charge in [0.1, 0.15) is 5.75 Å². The second-order valence-electron chi connectivity index (χ2n) is 6.10. The Morgan fingerprint density at radius 3 is 2.52 bits per heavy atom. The number of nitrogens with zero attached hydrogens (tertiary/aromatic N) is 1. The number of fused-ring (bicyclic) bond motifs is 1. The van der Waals surface area contributed by atoms with Crippen LogP contribution in [0, 0.1) is 0 Å². The average molecular weight is 337 g/mol. The highest BCUT2D eigenvalue weighted by Crippen LogP contribution is 2.20. The van der Waals surface area contributed by atoms with Crippen LogP contribution in [0.15, 0.2) is 53.3 Å². The third-order valence-corrected chi connectivity index (χ3v) is 4.07. The molecule has 1 aromatic heterocycles. The van der Waals surface area contributed by atoms with Crippen molar-refractivity contribution < 1.29 is 4.74 Å². The third kappa shape index (κ3) is 3.94. The van der Waals surface area contributed by atoms with E-state index in [-0.39, 0.29) is 5.56 Å². The molecule has 0 spiro atoms. The van der Waals surface area contributed by atoms with Gasteiger partial charge in [-0.05, 0) is 54.8 Å². The van der Waals surface area contributed by atoms with Gasteiger partial charge in [0.15, 0.2) is 0 Å². The summed E-state index contributed by atoms with van der Waals surface area (Å²) in [5.74, 6) is 0.762. The Bertz CT molecular complexity index is 914. The molecule has 0 radical (unpaired) electrons. The number of aromatic amines is 1. The van der Waals surface area contributed by atoms with E-state index in [0.29, 0.717) is 18.7 Å². The lowest BCUT2D eigenvalue weighted by molar-refractivity contribution is 0.340. The van der Waals surface area contributed by atoms with Crippen LogP contribution in [0.25, 0.3) is 10.9 Å². The lowest BCUT2D eigenvalue weighted by Crippen LogP contribution is -2.15. The van der Waals surface area contributed by atoms with Crippen molar-refractivity contribution in [3.8, 4) is 5.75 Å². The van der Waals surface area contributed by atoms with Crippen molar-refractivity contribution in [2.45, 2.75) is 13.5 Å². The van der Waals surface area contributed by atoms with E-state index in [1.165, 1.54) is 0 Å². The van der Waals surface area contributed by atoms with Gasteiger partial charge in [0.2, 0.25) is 0 Å². The predicted octanol–water partition coefficient (Wildman–Crippen LogP) is 3.60. The highest BCUT2D eigenvalue weighted by atomic mass is 16.5. The number of ether oxygens (including phenoxy) is 1. The number of hydrogen-bond acceptors (Lipinski definition) is 4. The number of nitrogens with one attached hydrogen (secondary N) is 2. The Labute approximate surface area is 147 Å². The fraction of sp³-hybridized carbons (Fsp3) is 0.250. The molecule has 25 heavy (non-hydrogen) atoms. The maximum Gasteiger partial charge on any atom is 0.253 e. The molecule has 5 heteroatoms. The first-order valence-electron chi connectivity index (χ1n) is 8.37. The highest BCUT2D eigenvalue weighted by molar-refractivity contribution is 5.80. The van der Waals surface area contributed by atoms with E-state index in [1.54, 1.807) is 0 Å². The molecule has 0 saturated carbocycles. The third-order valence-electron chi connectivity index (χ3n) is 4.07. The van der Waals surface area contributed by atoms with Gasteiger partial charge in [-0.15, -0.1) is 0 Å². The minimum Gasteiger partial charge on any atom is -0.494 e. The first-order chi connectivity index (χ1) is 12.1. The van der Waals surface area contributed by atoms with Gasteiger partial charge in [-0.25, -0.2) is 0 Å². The summed E-state index contributed by atoms with van der Waals surface area (Å²) in [6.07, 6.45) is 0. The molecule has 3 aromatic rings. The van der Waals surface area contributed by atoms with Gasteiger partial charge in [-0.3, -0.25) is 4.79 Å². The Balaban J connectivity index is 1.78. The van der Waals surface area contributed by atoms with Crippen LogP contribution in [0.3, 0.4) is 0 Å². The normalized spacial score (nSPS) is 10.7. The standard InChI is InChI=1S/C20H23N3O2/c1-4-25-18-10-5-14-11-15(20(24)22-19(14)12-18)13-21-16-6-8-17(9-7-16)23(2)3/h5-12,21H,4,13H2,1-3H3,(H,22,24).